The normalized spacial score (nSPS) is 18.9. The first-order valence-corrected chi connectivity index (χ1v) is 6.57. The summed E-state index contributed by atoms with van der Waals surface area (Å²) in [6.45, 7) is 4.45. The van der Waals surface area contributed by atoms with E-state index in [0.717, 1.165) is 44.5 Å². The van der Waals surface area contributed by atoms with E-state index < -0.39 is 0 Å². The molecule has 0 unspecified atom stereocenters. The molecular weight excluding hydrogens is 260 g/mol. The Morgan fingerprint density at radius 2 is 2.07 bits per heavy atom. The standard InChI is InChI=1S/C10H19BrN2O2/c11-3-2-10(15)13-5-1-4-12(6-7-13)8-9-14/h14H,1-9H2. The predicted octanol–water partition coefficient (Wildman–Crippen LogP) is 0.298. The number of hydrogen-bond donors (Lipinski definition) is 1. The Bertz CT molecular complexity index is 202. The second-order valence-electron chi connectivity index (χ2n) is 3.74. The minimum absolute atomic E-state index is 0.204. The lowest BCUT2D eigenvalue weighted by Crippen LogP contribution is -2.35. The van der Waals surface area contributed by atoms with Gasteiger partial charge in [0.15, 0.2) is 0 Å². The summed E-state index contributed by atoms with van der Waals surface area (Å²) in [5, 5.41) is 9.58. The van der Waals surface area contributed by atoms with Crippen molar-refractivity contribution in [2.75, 3.05) is 44.7 Å². The molecule has 1 heterocycles. The Morgan fingerprint density at radius 3 is 2.73 bits per heavy atom. The molecule has 1 amide bonds. The van der Waals surface area contributed by atoms with E-state index in [1.165, 1.54) is 0 Å². The second kappa shape index (κ2) is 7.19. The lowest BCUT2D eigenvalue weighted by molar-refractivity contribution is -0.130. The lowest BCUT2D eigenvalue weighted by Gasteiger charge is -2.21. The van der Waals surface area contributed by atoms with Gasteiger partial charge in [-0.25, -0.2) is 0 Å². The molecular formula is C10H19BrN2O2. The number of hydrogen-bond acceptors (Lipinski definition) is 3. The lowest BCUT2D eigenvalue weighted by atomic mass is 10.3. The van der Waals surface area contributed by atoms with E-state index in [1.807, 2.05) is 4.90 Å². The highest BCUT2D eigenvalue weighted by atomic mass is 79.9. The van der Waals surface area contributed by atoms with Crippen LogP contribution in [0.1, 0.15) is 12.8 Å². The average Bonchev–Trinajstić information content (AvgIpc) is 2.44. The third-order valence-electron chi connectivity index (χ3n) is 2.67. The van der Waals surface area contributed by atoms with Gasteiger partial charge in [-0.15, -0.1) is 0 Å². The van der Waals surface area contributed by atoms with Crippen LogP contribution >= 0.6 is 15.9 Å². The van der Waals surface area contributed by atoms with Gasteiger partial charge in [0.05, 0.1) is 6.61 Å². The number of aliphatic hydroxyl groups is 1. The van der Waals surface area contributed by atoms with E-state index in [0.29, 0.717) is 6.42 Å². The van der Waals surface area contributed by atoms with E-state index in [-0.39, 0.29) is 12.5 Å². The van der Waals surface area contributed by atoms with Gasteiger partial charge in [0.2, 0.25) is 5.91 Å². The number of nitrogens with zero attached hydrogens (tertiary/aromatic N) is 2. The predicted molar refractivity (Wildman–Crippen MR) is 63.1 cm³/mol. The van der Waals surface area contributed by atoms with E-state index in [4.69, 9.17) is 5.11 Å². The number of β-amino-alcohol motifs (C(OH)–C–C–N with tert-alkyl or cyclic N) is 1. The molecule has 1 aliphatic heterocycles. The Labute approximate surface area is 99.4 Å². The summed E-state index contributed by atoms with van der Waals surface area (Å²) in [4.78, 5) is 15.8. The highest BCUT2D eigenvalue weighted by Crippen LogP contribution is 2.05. The summed E-state index contributed by atoms with van der Waals surface area (Å²) in [6, 6.07) is 0. The monoisotopic (exact) mass is 278 g/mol. The van der Waals surface area contributed by atoms with Crippen molar-refractivity contribution in [3.63, 3.8) is 0 Å². The molecule has 0 radical (unpaired) electrons. The Hall–Kier alpha value is -0.130. The van der Waals surface area contributed by atoms with Crippen molar-refractivity contribution < 1.29 is 9.90 Å². The van der Waals surface area contributed by atoms with Crippen molar-refractivity contribution in [1.82, 2.24) is 9.80 Å². The second-order valence-corrected chi connectivity index (χ2v) is 4.53. The van der Waals surface area contributed by atoms with Crippen LogP contribution < -0.4 is 0 Å². The van der Waals surface area contributed by atoms with Crippen molar-refractivity contribution in [2.45, 2.75) is 12.8 Å². The molecule has 0 aromatic carbocycles. The van der Waals surface area contributed by atoms with Crippen molar-refractivity contribution in [1.29, 1.82) is 0 Å². The third kappa shape index (κ3) is 4.49. The van der Waals surface area contributed by atoms with Gasteiger partial charge < -0.3 is 10.0 Å². The highest BCUT2D eigenvalue weighted by Gasteiger charge is 2.17. The average molecular weight is 279 g/mol. The van der Waals surface area contributed by atoms with E-state index >= 15 is 0 Å². The quantitative estimate of drug-likeness (QED) is 0.753. The number of alkyl halides is 1. The minimum atomic E-state index is 0.204. The van der Waals surface area contributed by atoms with Crippen LogP contribution in [0.5, 0.6) is 0 Å². The first kappa shape index (κ1) is 12.9. The topological polar surface area (TPSA) is 43.8 Å². The smallest absolute Gasteiger partial charge is 0.223 e. The highest BCUT2D eigenvalue weighted by molar-refractivity contribution is 9.09. The summed E-state index contributed by atoms with van der Waals surface area (Å²) in [5.41, 5.74) is 0. The molecule has 4 nitrogen and oxygen atoms in total. The first-order valence-electron chi connectivity index (χ1n) is 5.45. The van der Waals surface area contributed by atoms with Gasteiger partial charge in [0.25, 0.3) is 0 Å². The van der Waals surface area contributed by atoms with Crippen LogP contribution in [0.25, 0.3) is 0 Å². The van der Waals surface area contributed by atoms with Crippen LogP contribution in [-0.4, -0.2) is 65.5 Å². The van der Waals surface area contributed by atoms with Crippen molar-refractivity contribution in [2.24, 2.45) is 0 Å². The summed E-state index contributed by atoms with van der Waals surface area (Å²) in [7, 11) is 0. The minimum Gasteiger partial charge on any atom is -0.395 e. The number of carbonyl (C=O) groups is 1. The molecule has 1 saturated heterocycles. The third-order valence-corrected chi connectivity index (χ3v) is 3.06. The maximum absolute atomic E-state index is 11.6. The van der Waals surface area contributed by atoms with Crippen LogP contribution in [-0.2, 0) is 4.79 Å². The maximum atomic E-state index is 11.6. The SMILES string of the molecule is O=C(CCBr)N1CCCN(CCO)CC1. The fourth-order valence-electron chi connectivity index (χ4n) is 1.82. The Kier molecular flexibility index (Phi) is 6.20. The van der Waals surface area contributed by atoms with Crippen LogP contribution in [0.15, 0.2) is 0 Å². The van der Waals surface area contributed by atoms with E-state index in [1.54, 1.807) is 0 Å². The molecule has 0 aromatic rings. The largest absolute Gasteiger partial charge is 0.395 e. The molecule has 5 heteroatoms. The molecule has 1 N–H and O–H groups in total. The summed E-state index contributed by atoms with van der Waals surface area (Å²) in [5.74, 6) is 0.234. The van der Waals surface area contributed by atoms with E-state index in [9.17, 15) is 4.79 Å². The van der Waals surface area contributed by atoms with Gasteiger partial charge in [-0.05, 0) is 13.0 Å². The molecule has 0 spiro atoms. The summed E-state index contributed by atoms with van der Waals surface area (Å²) in [6.07, 6.45) is 1.59. The fraction of sp³-hybridized carbons (Fsp3) is 0.900. The van der Waals surface area contributed by atoms with Gasteiger partial charge in [0, 0.05) is 37.9 Å². The number of amides is 1. The van der Waals surface area contributed by atoms with Crippen molar-refractivity contribution in [3.05, 3.63) is 0 Å². The number of halogens is 1. The molecule has 1 aliphatic rings. The number of rotatable bonds is 4. The molecule has 1 rings (SSSR count). The zero-order valence-electron chi connectivity index (χ0n) is 8.99. The van der Waals surface area contributed by atoms with Gasteiger partial charge in [-0.3, -0.25) is 9.69 Å². The number of carbonyl (C=O) groups excluding carboxylic acids is 1. The molecule has 1 fully saturated rings. The van der Waals surface area contributed by atoms with Gasteiger partial charge in [-0.2, -0.15) is 0 Å². The van der Waals surface area contributed by atoms with E-state index in [2.05, 4.69) is 20.8 Å². The molecule has 88 valence electrons. The van der Waals surface area contributed by atoms with Crippen LogP contribution in [0, 0.1) is 0 Å². The van der Waals surface area contributed by atoms with Crippen molar-refractivity contribution in [3.8, 4) is 0 Å². The molecule has 0 aliphatic carbocycles. The van der Waals surface area contributed by atoms with Crippen LogP contribution in [0.2, 0.25) is 0 Å². The van der Waals surface area contributed by atoms with Crippen LogP contribution in [0.3, 0.4) is 0 Å². The molecule has 15 heavy (non-hydrogen) atoms. The molecule has 0 atom stereocenters. The molecule has 0 bridgehead atoms. The zero-order chi connectivity index (χ0) is 11.1. The van der Waals surface area contributed by atoms with Gasteiger partial charge in [-0.1, -0.05) is 15.9 Å². The van der Waals surface area contributed by atoms with Gasteiger partial charge in [0.1, 0.15) is 0 Å². The Balaban J connectivity index is 2.35. The summed E-state index contributed by atoms with van der Waals surface area (Å²) >= 11 is 3.28. The first-order chi connectivity index (χ1) is 7.27. The maximum Gasteiger partial charge on any atom is 0.223 e. The molecule has 0 aromatic heterocycles. The fourth-order valence-corrected chi connectivity index (χ4v) is 2.16. The van der Waals surface area contributed by atoms with Crippen molar-refractivity contribution >= 4 is 21.8 Å². The summed E-state index contributed by atoms with van der Waals surface area (Å²) < 4.78 is 0. The van der Waals surface area contributed by atoms with Crippen LogP contribution in [0.4, 0.5) is 0 Å². The zero-order valence-corrected chi connectivity index (χ0v) is 10.6. The number of aliphatic hydroxyl groups excluding tert-OH is 1. The Morgan fingerprint density at radius 1 is 1.27 bits per heavy atom. The van der Waals surface area contributed by atoms with Gasteiger partial charge >= 0.3 is 0 Å². The molecule has 0 saturated carbocycles.